The Hall–Kier alpha value is -0.800. The summed E-state index contributed by atoms with van der Waals surface area (Å²) in [6, 6.07) is 8.67. The van der Waals surface area contributed by atoms with Crippen molar-refractivity contribution in [1.29, 1.82) is 0 Å². The van der Waals surface area contributed by atoms with Crippen molar-refractivity contribution in [2.75, 3.05) is 5.06 Å². The number of hydrogen-bond donors (Lipinski definition) is 0. The molecule has 4 rings (SSSR count). The molecule has 2 unspecified atom stereocenters. The Balaban J connectivity index is 1.89. The Morgan fingerprint density at radius 3 is 2.47 bits per heavy atom. The fraction of sp³-hybridized carbons (Fsp3) is 0.333. The van der Waals surface area contributed by atoms with Gasteiger partial charge in [0.15, 0.2) is 0 Å². The molecule has 0 spiro atoms. The predicted molar refractivity (Wildman–Crippen MR) is 63.7 cm³/mol. The SMILES string of the molecule is Brc1ccc(N2OC3C=CC2CC3)cc1. The molecule has 0 N–H and O–H groups in total. The molecule has 15 heavy (non-hydrogen) atoms. The fourth-order valence-corrected chi connectivity index (χ4v) is 2.39. The fourth-order valence-electron chi connectivity index (χ4n) is 2.13. The number of halogens is 1. The first-order chi connectivity index (χ1) is 7.33. The molecule has 2 bridgehead atoms. The van der Waals surface area contributed by atoms with Crippen molar-refractivity contribution in [3.8, 4) is 0 Å². The summed E-state index contributed by atoms with van der Waals surface area (Å²) in [5.74, 6) is 0. The molecule has 0 saturated carbocycles. The number of hydrogen-bond acceptors (Lipinski definition) is 2. The van der Waals surface area contributed by atoms with Gasteiger partial charge >= 0.3 is 0 Å². The van der Waals surface area contributed by atoms with Gasteiger partial charge in [0.25, 0.3) is 0 Å². The molecule has 0 amide bonds. The van der Waals surface area contributed by atoms with E-state index in [4.69, 9.17) is 4.84 Å². The number of benzene rings is 1. The molecule has 1 saturated heterocycles. The number of fused-ring (bicyclic) bond motifs is 2. The summed E-state index contributed by atoms with van der Waals surface area (Å²) in [5, 5.41) is 2.03. The van der Waals surface area contributed by atoms with Gasteiger partial charge in [-0.05, 0) is 37.1 Å². The summed E-state index contributed by atoms with van der Waals surface area (Å²) in [6.45, 7) is 0. The van der Waals surface area contributed by atoms with Gasteiger partial charge in [-0.1, -0.05) is 28.1 Å². The van der Waals surface area contributed by atoms with Crippen molar-refractivity contribution in [1.82, 2.24) is 0 Å². The van der Waals surface area contributed by atoms with E-state index in [9.17, 15) is 0 Å². The maximum Gasteiger partial charge on any atom is 0.104 e. The molecule has 0 radical (unpaired) electrons. The normalized spacial score (nSPS) is 28.5. The van der Waals surface area contributed by atoms with E-state index in [1.807, 2.05) is 17.2 Å². The molecule has 1 fully saturated rings. The van der Waals surface area contributed by atoms with E-state index in [2.05, 4.69) is 40.2 Å². The highest BCUT2D eigenvalue weighted by atomic mass is 79.9. The summed E-state index contributed by atoms with van der Waals surface area (Å²) in [5.41, 5.74) is 1.14. The number of nitrogens with zero attached hydrogens (tertiary/aromatic N) is 1. The van der Waals surface area contributed by atoms with E-state index < -0.39 is 0 Å². The average Bonchev–Trinajstić information content (AvgIpc) is 2.31. The molecule has 3 heteroatoms. The summed E-state index contributed by atoms with van der Waals surface area (Å²) in [4.78, 5) is 5.84. The zero-order valence-electron chi connectivity index (χ0n) is 8.27. The molecule has 2 aliphatic heterocycles. The number of hydroxylamine groups is 1. The lowest BCUT2D eigenvalue weighted by atomic mass is 9.98. The highest BCUT2D eigenvalue weighted by Crippen LogP contribution is 2.32. The Labute approximate surface area is 97.6 Å². The molecular weight excluding hydrogens is 254 g/mol. The lowest BCUT2D eigenvalue weighted by Crippen LogP contribution is -2.45. The summed E-state index contributed by atoms with van der Waals surface area (Å²) < 4.78 is 1.10. The second-order valence-corrected chi connectivity index (χ2v) is 4.89. The van der Waals surface area contributed by atoms with E-state index in [-0.39, 0.29) is 6.10 Å². The van der Waals surface area contributed by atoms with Gasteiger partial charge in [0.1, 0.15) is 6.10 Å². The minimum atomic E-state index is 0.277. The number of anilines is 1. The van der Waals surface area contributed by atoms with Crippen molar-refractivity contribution < 1.29 is 4.84 Å². The standard InChI is InChI=1S/C12H12BrNO/c13-9-1-3-10(4-2-9)14-11-5-7-12(15-14)8-6-11/h1-5,7,11-12H,6,8H2. The molecule has 78 valence electrons. The quantitative estimate of drug-likeness (QED) is 0.723. The van der Waals surface area contributed by atoms with Gasteiger partial charge < -0.3 is 0 Å². The van der Waals surface area contributed by atoms with Gasteiger partial charge in [0, 0.05) is 4.47 Å². The van der Waals surface area contributed by atoms with Crippen LogP contribution in [-0.2, 0) is 4.84 Å². The van der Waals surface area contributed by atoms with Crippen molar-refractivity contribution in [3.05, 3.63) is 40.9 Å². The minimum Gasteiger partial charge on any atom is -0.265 e. The molecule has 2 atom stereocenters. The summed E-state index contributed by atoms with van der Waals surface area (Å²) in [6.07, 6.45) is 7.04. The Morgan fingerprint density at radius 1 is 1.13 bits per heavy atom. The van der Waals surface area contributed by atoms with Crippen molar-refractivity contribution in [2.45, 2.75) is 25.0 Å². The van der Waals surface area contributed by atoms with Gasteiger partial charge in [-0.3, -0.25) is 4.84 Å². The highest BCUT2D eigenvalue weighted by Gasteiger charge is 2.30. The Kier molecular flexibility index (Phi) is 2.29. The molecule has 3 aliphatic rings. The van der Waals surface area contributed by atoms with Crippen molar-refractivity contribution in [2.24, 2.45) is 0 Å². The third-order valence-electron chi connectivity index (χ3n) is 2.93. The van der Waals surface area contributed by atoms with E-state index in [1.165, 1.54) is 6.42 Å². The van der Waals surface area contributed by atoms with E-state index >= 15 is 0 Å². The van der Waals surface area contributed by atoms with Crippen molar-refractivity contribution >= 4 is 21.6 Å². The molecule has 1 aromatic rings. The van der Waals surface area contributed by atoms with Crippen molar-refractivity contribution in [3.63, 3.8) is 0 Å². The lowest BCUT2D eigenvalue weighted by molar-refractivity contribution is 0.00353. The molecule has 2 nitrogen and oxygen atoms in total. The smallest absolute Gasteiger partial charge is 0.104 e. The summed E-state index contributed by atoms with van der Waals surface area (Å²) >= 11 is 3.44. The van der Waals surface area contributed by atoms with Crippen LogP contribution in [0.1, 0.15) is 12.8 Å². The van der Waals surface area contributed by atoms with Gasteiger partial charge in [0.05, 0.1) is 11.7 Å². The van der Waals surface area contributed by atoms with Crippen LogP contribution in [0.3, 0.4) is 0 Å². The van der Waals surface area contributed by atoms with Crippen LogP contribution in [0.4, 0.5) is 5.69 Å². The topological polar surface area (TPSA) is 12.5 Å². The largest absolute Gasteiger partial charge is 0.265 e. The lowest BCUT2D eigenvalue weighted by Gasteiger charge is -2.41. The van der Waals surface area contributed by atoms with E-state index in [0.29, 0.717) is 6.04 Å². The maximum absolute atomic E-state index is 5.84. The molecular formula is C12H12BrNO. The van der Waals surface area contributed by atoms with Gasteiger partial charge in [-0.2, -0.15) is 0 Å². The maximum atomic E-state index is 5.84. The van der Waals surface area contributed by atoms with Crippen LogP contribution in [0.15, 0.2) is 40.9 Å². The average molecular weight is 266 g/mol. The van der Waals surface area contributed by atoms with Crippen LogP contribution >= 0.6 is 15.9 Å². The first-order valence-corrected chi connectivity index (χ1v) is 6.02. The first-order valence-electron chi connectivity index (χ1n) is 5.23. The second-order valence-electron chi connectivity index (χ2n) is 3.98. The van der Waals surface area contributed by atoms with Gasteiger partial charge in [0.2, 0.25) is 0 Å². The number of rotatable bonds is 1. The van der Waals surface area contributed by atoms with Crippen LogP contribution in [0.2, 0.25) is 0 Å². The molecule has 2 heterocycles. The van der Waals surface area contributed by atoms with Crippen LogP contribution in [0, 0.1) is 0 Å². The molecule has 1 aromatic carbocycles. The highest BCUT2D eigenvalue weighted by molar-refractivity contribution is 9.10. The van der Waals surface area contributed by atoms with E-state index in [1.54, 1.807) is 0 Å². The zero-order valence-corrected chi connectivity index (χ0v) is 9.85. The predicted octanol–water partition coefficient (Wildman–Crippen LogP) is 3.29. The van der Waals surface area contributed by atoms with E-state index in [0.717, 1.165) is 16.6 Å². The Bertz CT molecular complexity index is 387. The van der Waals surface area contributed by atoms with Gasteiger partial charge in [-0.15, -0.1) is 0 Å². The van der Waals surface area contributed by atoms with Crippen LogP contribution in [0.25, 0.3) is 0 Å². The summed E-state index contributed by atoms with van der Waals surface area (Å²) in [7, 11) is 0. The minimum absolute atomic E-state index is 0.277. The Morgan fingerprint density at radius 2 is 1.93 bits per heavy atom. The first kappa shape index (κ1) is 9.43. The molecule has 0 aromatic heterocycles. The third kappa shape index (κ3) is 1.70. The van der Waals surface area contributed by atoms with Crippen LogP contribution in [-0.4, -0.2) is 12.1 Å². The monoisotopic (exact) mass is 265 g/mol. The zero-order chi connectivity index (χ0) is 10.3. The van der Waals surface area contributed by atoms with Gasteiger partial charge in [-0.25, -0.2) is 5.06 Å². The molecule has 1 aliphatic carbocycles. The second kappa shape index (κ2) is 3.65. The van der Waals surface area contributed by atoms with Crippen LogP contribution in [0.5, 0.6) is 0 Å². The third-order valence-corrected chi connectivity index (χ3v) is 3.45. The van der Waals surface area contributed by atoms with Crippen LogP contribution < -0.4 is 5.06 Å².